The second-order valence-corrected chi connectivity index (χ2v) is 8.31. The molecule has 7 heteroatoms. The van der Waals surface area contributed by atoms with Gasteiger partial charge in [0, 0.05) is 28.1 Å². The Morgan fingerprint density at radius 2 is 1.86 bits per heavy atom. The first-order valence-electron chi connectivity index (χ1n) is 11.0. The Morgan fingerprint density at radius 1 is 1.06 bits per heavy atom. The number of nitriles is 1. The van der Waals surface area contributed by atoms with E-state index in [1.807, 2.05) is 56.3 Å². The first kappa shape index (κ1) is 22.1. The van der Waals surface area contributed by atoms with Crippen molar-refractivity contribution < 1.29 is 23.4 Å². The third kappa shape index (κ3) is 3.75. The van der Waals surface area contributed by atoms with E-state index in [4.69, 9.17) is 24.4 Å². The van der Waals surface area contributed by atoms with Crippen LogP contribution < -0.4 is 19.9 Å². The average molecular weight is 466 g/mol. The van der Waals surface area contributed by atoms with E-state index >= 15 is 0 Å². The molecule has 0 saturated heterocycles. The third-order valence-electron chi connectivity index (χ3n) is 6.13. The molecule has 5 rings (SSSR count). The van der Waals surface area contributed by atoms with Crippen LogP contribution in [0.5, 0.6) is 17.2 Å². The number of hydrogen-bond acceptors (Lipinski definition) is 7. The van der Waals surface area contributed by atoms with Gasteiger partial charge in [0.25, 0.3) is 0 Å². The molecular weight excluding hydrogens is 444 g/mol. The highest BCUT2D eigenvalue weighted by Crippen LogP contribution is 2.45. The molecule has 2 N–H and O–H groups in total. The molecule has 1 aliphatic rings. The molecule has 0 aliphatic carbocycles. The Balaban J connectivity index is 1.51. The van der Waals surface area contributed by atoms with Gasteiger partial charge in [-0.15, -0.1) is 0 Å². The summed E-state index contributed by atoms with van der Waals surface area (Å²) >= 11 is 0. The van der Waals surface area contributed by atoms with E-state index in [9.17, 15) is 10.1 Å². The maximum Gasteiger partial charge on any atom is 0.379 e. The van der Waals surface area contributed by atoms with Crippen molar-refractivity contribution in [2.24, 2.45) is 5.73 Å². The molecule has 174 valence electrons. The Morgan fingerprint density at radius 3 is 2.63 bits per heavy atom. The van der Waals surface area contributed by atoms with Crippen LogP contribution in [-0.2, 0) is 0 Å². The largest absolute Gasteiger partial charge is 0.496 e. The van der Waals surface area contributed by atoms with Crippen LogP contribution in [0.3, 0.4) is 0 Å². The van der Waals surface area contributed by atoms with E-state index in [1.165, 1.54) is 0 Å². The second kappa shape index (κ2) is 8.58. The summed E-state index contributed by atoms with van der Waals surface area (Å²) in [7, 11) is 1.57. The van der Waals surface area contributed by atoms with Crippen molar-refractivity contribution in [3.8, 4) is 23.3 Å². The van der Waals surface area contributed by atoms with Gasteiger partial charge in [0.15, 0.2) is 0 Å². The molecule has 1 aromatic heterocycles. The first-order chi connectivity index (χ1) is 16.9. The zero-order valence-corrected chi connectivity index (χ0v) is 19.4. The van der Waals surface area contributed by atoms with Gasteiger partial charge in [-0.25, -0.2) is 4.79 Å². The molecule has 4 aromatic rings. The number of benzene rings is 3. The number of carbonyl (C=O) groups is 1. The van der Waals surface area contributed by atoms with Gasteiger partial charge < -0.3 is 24.4 Å². The van der Waals surface area contributed by atoms with Crippen molar-refractivity contribution >= 4 is 16.9 Å². The molecule has 0 radical (unpaired) electrons. The van der Waals surface area contributed by atoms with Crippen LogP contribution in [0, 0.1) is 25.2 Å². The van der Waals surface area contributed by atoms with Gasteiger partial charge in [0.1, 0.15) is 34.5 Å². The fourth-order valence-corrected chi connectivity index (χ4v) is 4.41. The smallest absolute Gasteiger partial charge is 0.379 e. The molecule has 7 nitrogen and oxygen atoms in total. The molecule has 3 aromatic carbocycles. The molecule has 0 bridgehead atoms. The maximum atomic E-state index is 12.9. The zero-order chi connectivity index (χ0) is 24.7. The number of carbonyl (C=O) groups excluding carboxylic acids is 1. The van der Waals surface area contributed by atoms with Gasteiger partial charge in [0.2, 0.25) is 11.6 Å². The molecule has 2 heterocycles. The number of esters is 1. The zero-order valence-electron chi connectivity index (χ0n) is 19.4. The highest BCUT2D eigenvalue weighted by Gasteiger charge is 2.33. The summed E-state index contributed by atoms with van der Waals surface area (Å²) in [5.74, 6) is 0.291. The molecule has 0 saturated carbocycles. The molecule has 0 spiro atoms. The van der Waals surface area contributed by atoms with Crippen LogP contribution >= 0.6 is 0 Å². The number of fused-ring (bicyclic) bond motifs is 2. The minimum atomic E-state index is -0.616. The van der Waals surface area contributed by atoms with Gasteiger partial charge in [-0.3, -0.25) is 0 Å². The predicted molar refractivity (Wildman–Crippen MR) is 129 cm³/mol. The van der Waals surface area contributed by atoms with Crippen molar-refractivity contribution in [3.05, 3.63) is 100 Å². The lowest BCUT2D eigenvalue weighted by molar-refractivity contribution is 0.0702. The van der Waals surface area contributed by atoms with Gasteiger partial charge in [-0.2, -0.15) is 5.26 Å². The number of ether oxygens (including phenoxy) is 3. The van der Waals surface area contributed by atoms with E-state index in [1.54, 1.807) is 25.3 Å². The fraction of sp³-hybridized carbons (Fsp3) is 0.143. The predicted octanol–water partition coefficient (Wildman–Crippen LogP) is 5.50. The summed E-state index contributed by atoms with van der Waals surface area (Å²) in [5.41, 5.74) is 10.3. The number of hydrogen-bond donors (Lipinski definition) is 1. The molecule has 1 aliphatic heterocycles. The van der Waals surface area contributed by atoms with Crippen LogP contribution in [0.2, 0.25) is 0 Å². The lowest BCUT2D eigenvalue weighted by atomic mass is 9.83. The van der Waals surface area contributed by atoms with Crippen molar-refractivity contribution in [2.45, 2.75) is 19.8 Å². The number of methoxy groups -OCH3 is 1. The number of nitrogens with zero attached hydrogens (tertiary/aromatic N) is 1. The molecule has 1 atom stereocenters. The lowest BCUT2D eigenvalue weighted by Crippen LogP contribution is -2.21. The highest BCUT2D eigenvalue weighted by molar-refractivity contribution is 5.97. The third-order valence-corrected chi connectivity index (χ3v) is 6.13. The Bertz CT molecular complexity index is 1560. The summed E-state index contributed by atoms with van der Waals surface area (Å²) in [5, 5.41) is 10.7. The van der Waals surface area contributed by atoms with E-state index in [0.717, 1.165) is 16.5 Å². The number of nitrogens with two attached hydrogens (primary N) is 1. The first-order valence-corrected chi connectivity index (χ1v) is 11.0. The van der Waals surface area contributed by atoms with Crippen LogP contribution in [-0.4, -0.2) is 13.1 Å². The highest BCUT2D eigenvalue weighted by atomic mass is 16.5. The minimum Gasteiger partial charge on any atom is -0.496 e. The van der Waals surface area contributed by atoms with E-state index in [0.29, 0.717) is 28.2 Å². The SMILES string of the molecule is COc1ccccc1C1C(C#N)=C(N)Oc2cc(OC(=O)c3oc4ccc(C)cc4c3C)ccc21. The molecule has 0 amide bonds. The molecular formula is C28H22N2O5. The lowest BCUT2D eigenvalue weighted by Gasteiger charge is -2.27. The van der Waals surface area contributed by atoms with Crippen LogP contribution in [0.25, 0.3) is 11.0 Å². The van der Waals surface area contributed by atoms with Crippen molar-refractivity contribution in [3.63, 3.8) is 0 Å². The fourth-order valence-electron chi connectivity index (χ4n) is 4.41. The van der Waals surface area contributed by atoms with Crippen LogP contribution in [0.1, 0.15) is 38.7 Å². The topological polar surface area (TPSA) is 108 Å². The average Bonchev–Trinajstić information content (AvgIpc) is 3.18. The monoisotopic (exact) mass is 466 g/mol. The van der Waals surface area contributed by atoms with Gasteiger partial charge in [-0.1, -0.05) is 35.9 Å². The number of para-hydroxylation sites is 1. The Hall–Kier alpha value is -4.70. The van der Waals surface area contributed by atoms with Crippen molar-refractivity contribution in [1.82, 2.24) is 0 Å². The van der Waals surface area contributed by atoms with Crippen LogP contribution in [0.15, 0.2) is 76.5 Å². The summed E-state index contributed by atoms with van der Waals surface area (Å²) in [6.07, 6.45) is 0. The number of allylic oxidation sites excluding steroid dienone is 1. The van der Waals surface area contributed by atoms with E-state index in [2.05, 4.69) is 6.07 Å². The molecule has 35 heavy (non-hydrogen) atoms. The maximum absolute atomic E-state index is 12.9. The van der Waals surface area contributed by atoms with Gasteiger partial charge in [0.05, 0.1) is 13.0 Å². The Labute approximate surface area is 201 Å². The minimum absolute atomic E-state index is 0.0112. The van der Waals surface area contributed by atoms with E-state index < -0.39 is 11.9 Å². The number of rotatable bonds is 4. The van der Waals surface area contributed by atoms with E-state index in [-0.39, 0.29) is 23.0 Å². The van der Waals surface area contributed by atoms with Crippen molar-refractivity contribution in [1.29, 1.82) is 5.26 Å². The summed E-state index contributed by atoms with van der Waals surface area (Å²) in [6.45, 7) is 3.80. The normalized spacial score (nSPS) is 14.7. The van der Waals surface area contributed by atoms with Gasteiger partial charge in [-0.05, 0) is 38.1 Å². The second-order valence-electron chi connectivity index (χ2n) is 8.31. The summed E-state index contributed by atoms with van der Waals surface area (Å²) < 4.78 is 22.7. The molecule has 1 unspecified atom stereocenters. The quantitative estimate of drug-likeness (QED) is 0.313. The van der Waals surface area contributed by atoms with Crippen molar-refractivity contribution in [2.75, 3.05) is 7.11 Å². The summed E-state index contributed by atoms with van der Waals surface area (Å²) in [4.78, 5) is 12.9. The molecule has 0 fully saturated rings. The van der Waals surface area contributed by atoms with Crippen LogP contribution in [0.4, 0.5) is 0 Å². The number of furan rings is 1. The van der Waals surface area contributed by atoms with Gasteiger partial charge >= 0.3 is 5.97 Å². The standard InChI is InChI=1S/C28H22N2O5/c1-15-8-11-23-20(12-15)16(2)26(34-23)28(31)33-17-9-10-19-24(13-17)35-27(30)21(14-29)25(19)18-6-4-5-7-22(18)32-3/h4-13,25H,30H2,1-3H3. The number of aryl methyl sites for hydroxylation is 2. The Kier molecular flexibility index (Phi) is 5.42. The summed E-state index contributed by atoms with van der Waals surface area (Å²) in [6, 6.07) is 20.3.